The van der Waals surface area contributed by atoms with Gasteiger partial charge in [-0.15, -0.1) is 0 Å². The third-order valence-electron chi connectivity index (χ3n) is 1.26. The van der Waals surface area contributed by atoms with Gasteiger partial charge in [0.05, 0.1) is 12.0 Å². The Morgan fingerprint density at radius 1 is 1.25 bits per heavy atom. The van der Waals surface area contributed by atoms with Crippen molar-refractivity contribution in [1.82, 2.24) is 0 Å². The van der Waals surface area contributed by atoms with Gasteiger partial charge in [-0.05, 0) is 24.3 Å². The number of hydrogen-bond acceptors (Lipinski definition) is 3. The SMILES string of the molecule is [CH2]OS(=O)(=O)c1ccc(Cl)cc1. The first-order valence-electron chi connectivity index (χ1n) is 3.00. The second-order valence-corrected chi connectivity index (χ2v) is 4.08. The second kappa shape index (κ2) is 3.43. The molecule has 1 radical (unpaired) electrons. The van der Waals surface area contributed by atoms with Gasteiger partial charge in [0.25, 0.3) is 10.1 Å². The standard InChI is InChI=1S/C7H6ClO3S/c1-11-12(9,10)7-4-2-6(8)3-5-7/h2-5H,1H2. The second-order valence-electron chi connectivity index (χ2n) is 2.03. The van der Waals surface area contributed by atoms with E-state index in [1.807, 2.05) is 0 Å². The van der Waals surface area contributed by atoms with Crippen molar-refractivity contribution in [3.8, 4) is 0 Å². The molecule has 0 aromatic heterocycles. The molecule has 1 aromatic carbocycles. The molecular formula is C7H6ClO3S. The van der Waals surface area contributed by atoms with E-state index in [-0.39, 0.29) is 4.90 Å². The van der Waals surface area contributed by atoms with E-state index >= 15 is 0 Å². The number of benzene rings is 1. The van der Waals surface area contributed by atoms with E-state index < -0.39 is 10.1 Å². The lowest BCUT2D eigenvalue weighted by molar-refractivity contribution is 0.438. The first-order chi connectivity index (χ1) is 5.56. The Bertz CT molecular complexity index is 355. The van der Waals surface area contributed by atoms with Gasteiger partial charge in [0.15, 0.2) is 0 Å². The van der Waals surface area contributed by atoms with Crippen LogP contribution in [-0.4, -0.2) is 8.42 Å². The summed E-state index contributed by atoms with van der Waals surface area (Å²) in [6, 6.07) is 5.63. The van der Waals surface area contributed by atoms with E-state index in [0.29, 0.717) is 5.02 Å². The lowest BCUT2D eigenvalue weighted by Gasteiger charge is -1.99. The topological polar surface area (TPSA) is 43.4 Å². The summed E-state index contributed by atoms with van der Waals surface area (Å²) in [5, 5.41) is 0.470. The van der Waals surface area contributed by atoms with Crippen molar-refractivity contribution in [2.45, 2.75) is 4.90 Å². The summed E-state index contributed by atoms with van der Waals surface area (Å²) in [6.07, 6.45) is 0. The zero-order valence-electron chi connectivity index (χ0n) is 6.03. The lowest BCUT2D eigenvalue weighted by Crippen LogP contribution is -2.00. The number of rotatable bonds is 2. The third kappa shape index (κ3) is 1.97. The molecule has 3 nitrogen and oxygen atoms in total. The summed E-state index contributed by atoms with van der Waals surface area (Å²) >= 11 is 5.55. The minimum atomic E-state index is -3.68. The normalized spacial score (nSPS) is 11.5. The fraction of sp³-hybridized carbons (Fsp3) is 0. The van der Waals surface area contributed by atoms with E-state index in [1.165, 1.54) is 24.3 Å². The zero-order valence-corrected chi connectivity index (χ0v) is 7.60. The quantitative estimate of drug-likeness (QED) is 0.692. The minimum Gasteiger partial charge on any atom is -0.264 e. The van der Waals surface area contributed by atoms with Gasteiger partial charge in [-0.1, -0.05) is 11.6 Å². The number of hydrogen-bond donors (Lipinski definition) is 0. The highest BCUT2D eigenvalue weighted by molar-refractivity contribution is 7.86. The third-order valence-corrected chi connectivity index (χ3v) is 2.67. The molecule has 1 rings (SSSR count). The predicted molar refractivity (Wildman–Crippen MR) is 45.1 cm³/mol. The molecule has 5 heteroatoms. The highest BCUT2D eigenvalue weighted by Crippen LogP contribution is 2.15. The molecule has 0 saturated carbocycles. The zero-order chi connectivity index (χ0) is 9.19. The summed E-state index contributed by atoms with van der Waals surface area (Å²) in [7, 11) is -0.849. The van der Waals surface area contributed by atoms with Gasteiger partial charge in [-0.2, -0.15) is 8.42 Å². The molecule has 0 saturated heterocycles. The molecule has 0 amide bonds. The van der Waals surface area contributed by atoms with Crippen LogP contribution < -0.4 is 0 Å². The number of halogens is 1. The summed E-state index contributed by atoms with van der Waals surface area (Å²) in [5.74, 6) is 0. The lowest BCUT2D eigenvalue weighted by atomic mass is 10.4. The van der Waals surface area contributed by atoms with Crippen LogP contribution in [0.25, 0.3) is 0 Å². The Balaban J connectivity index is 3.14. The van der Waals surface area contributed by atoms with Gasteiger partial charge < -0.3 is 0 Å². The van der Waals surface area contributed by atoms with Crippen LogP contribution in [0.1, 0.15) is 0 Å². The van der Waals surface area contributed by atoms with Gasteiger partial charge in [0.1, 0.15) is 0 Å². The maximum Gasteiger partial charge on any atom is 0.297 e. The Morgan fingerprint density at radius 2 is 1.75 bits per heavy atom. The van der Waals surface area contributed by atoms with E-state index in [2.05, 4.69) is 11.3 Å². The minimum absolute atomic E-state index is 0.0434. The average Bonchev–Trinajstić information content (AvgIpc) is 2.05. The average molecular weight is 206 g/mol. The van der Waals surface area contributed by atoms with Crippen molar-refractivity contribution in [2.75, 3.05) is 0 Å². The van der Waals surface area contributed by atoms with Crippen LogP contribution in [0.15, 0.2) is 29.2 Å². The van der Waals surface area contributed by atoms with Gasteiger partial charge in [-0.3, -0.25) is 4.18 Å². The Labute approximate surface area is 76.0 Å². The molecule has 0 aliphatic rings. The van der Waals surface area contributed by atoms with Crippen LogP contribution in [0.2, 0.25) is 5.02 Å². The molecule has 0 N–H and O–H groups in total. The van der Waals surface area contributed by atoms with Crippen molar-refractivity contribution in [3.05, 3.63) is 36.4 Å². The molecule has 0 heterocycles. The van der Waals surface area contributed by atoms with Gasteiger partial charge >= 0.3 is 0 Å². The molecule has 0 aliphatic heterocycles. The van der Waals surface area contributed by atoms with Crippen LogP contribution in [-0.2, 0) is 14.3 Å². The monoisotopic (exact) mass is 205 g/mol. The van der Waals surface area contributed by atoms with Gasteiger partial charge in [0.2, 0.25) is 0 Å². The van der Waals surface area contributed by atoms with Crippen molar-refractivity contribution in [2.24, 2.45) is 0 Å². The summed E-state index contributed by atoms with van der Waals surface area (Å²) in [4.78, 5) is 0.0434. The molecule has 0 atom stereocenters. The fourth-order valence-corrected chi connectivity index (χ4v) is 1.40. The van der Waals surface area contributed by atoms with Crippen LogP contribution >= 0.6 is 11.6 Å². The van der Waals surface area contributed by atoms with Crippen LogP contribution in [0.5, 0.6) is 0 Å². The molecular weight excluding hydrogens is 200 g/mol. The summed E-state index contributed by atoms with van der Waals surface area (Å²) in [5.41, 5.74) is 0. The van der Waals surface area contributed by atoms with E-state index in [1.54, 1.807) is 0 Å². The summed E-state index contributed by atoms with van der Waals surface area (Å²) < 4.78 is 26.0. The Hall–Kier alpha value is -0.580. The molecule has 12 heavy (non-hydrogen) atoms. The van der Waals surface area contributed by atoms with Crippen LogP contribution in [0.3, 0.4) is 0 Å². The van der Waals surface area contributed by atoms with Gasteiger partial charge in [-0.25, -0.2) is 0 Å². The molecule has 0 unspecified atom stereocenters. The van der Waals surface area contributed by atoms with Crippen molar-refractivity contribution >= 4 is 21.7 Å². The first kappa shape index (κ1) is 9.51. The Kier molecular flexibility index (Phi) is 2.72. The molecule has 1 aromatic rings. The largest absolute Gasteiger partial charge is 0.297 e. The van der Waals surface area contributed by atoms with Crippen molar-refractivity contribution in [1.29, 1.82) is 0 Å². The van der Waals surface area contributed by atoms with Gasteiger partial charge in [0, 0.05) is 5.02 Å². The van der Waals surface area contributed by atoms with Crippen LogP contribution in [0.4, 0.5) is 0 Å². The fourth-order valence-electron chi connectivity index (χ4n) is 0.669. The van der Waals surface area contributed by atoms with Crippen molar-refractivity contribution in [3.63, 3.8) is 0 Å². The van der Waals surface area contributed by atoms with Crippen molar-refractivity contribution < 1.29 is 12.6 Å². The molecule has 65 valence electrons. The van der Waals surface area contributed by atoms with E-state index in [4.69, 9.17) is 11.6 Å². The van der Waals surface area contributed by atoms with E-state index in [9.17, 15) is 8.42 Å². The predicted octanol–water partition coefficient (Wildman–Crippen LogP) is 1.84. The molecule has 0 spiro atoms. The summed E-state index contributed by atoms with van der Waals surface area (Å²) in [6.45, 7) is 0. The maximum atomic E-state index is 11.0. The smallest absolute Gasteiger partial charge is 0.264 e. The Morgan fingerprint density at radius 3 is 2.17 bits per heavy atom. The first-order valence-corrected chi connectivity index (χ1v) is 4.79. The van der Waals surface area contributed by atoms with E-state index in [0.717, 1.165) is 0 Å². The molecule has 0 bridgehead atoms. The van der Waals surface area contributed by atoms with Crippen LogP contribution in [0, 0.1) is 7.11 Å². The maximum absolute atomic E-state index is 11.0. The highest BCUT2D eigenvalue weighted by atomic mass is 35.5. The molecule has 0 fully saturated rings. The highest BCUT2D eigenvalue weighted by Gasteiger charge is 2.11. The molecule has 0 aliphatic carbocycles.